The van der Waals surface area contributed by atoms with E-state index in [-0.39, 0.29) is 17.3 Å². The van der Waals surface area contributed by atoms with Gasteiger partial charge in [-0.05, 0) is 11.6 Å². The van der Waals surface area contributed by atoms with E-state index in [0.717, 1.165) is 6.20 Å². The Hall–Kier alpha value is -1.33. The van der Waals surface area contributed by atoms with Crippen molar-refractivity contribution in [3.8, 4) is 0 Å². The summed E-state index contributed by atoms with van der Waals surface area (Å²) in [5, 5.41) is 10.6. The van der Waals surface area contributed by atoms with Crippen molar-refractivity contribution in [2.45, 2.75) is 6.42 Å². The molecule has 0 aromatic carbocycles. The number of aromatic nitrogens is 1. The lowest BCUT2D eigenvalue weighted by Crippen LogP contribution is -2.04. The Morgan fingerprint density at radius 3 is 2.87 bits per heavy atom. The molecule has 1 aromatic rings. The van der Waals surface area contributed by atoms with Crippen LogP contribution in [0.3, 0.4) is 0 Å². The topological polar surface area (TPSA) is 82.0 Å². The van der Waals surface area contributed by atoms with Crippen LogP contribution < -0.4 is 5.73 Å². The van der Waals surface area contributed by atoms with E-state index in [9.17, 15) is 10.1 Å². The summed E-state index contributed by atoms with van der Waals surface area (Å²) < 4.78 is 0. The van der Waals surface area contributed by atoms with Gasteiger partial charge in [-0.1, -0.05) is 23.2 Å². The first-order valence-corrected chi connectivity index (χ1v) is 4.64. The molecule has 15 heavy (non-hydrogen) atoms. The van der Waals surface area contributed by atoms with Gasteiger partial charge in [-0.15, -0.1) is 0 Å². The van der Waals surface area contributed by atoms with E-state index < -0.39 is 4.92 Å². The van der Waals surface area contributed by atoms with Crippen molar-refractivity contribution >= 4 is 23.2 Å². The van der Waals surface area contributed by atoms with Gasteiger partial charge >= 0.3 is 0 Å². The number of rotatable bonds is 3. The maximum atomic E-state index is 10.1. The number of hydrogen-bond acceptors (Lipinski definition) is 4. The molecule has 1 heterocycles. The highest BCUT2D eigenvalue weighted by Crippen LogP contribution is 2.20. The molecule has 0 amide bonds. The van der Waals surface area contributed by atoms with Crippen LogP contribution in [0.5, 0.6) is 0 Å². The Bertz CT molecular complexity index is 420. The Labute approximate surface area is 95.7 Å². The molecule has 7 heteroatoms. The fourth-order valence-corrected chi connectivity index (χ4v) is 1.27. The highest BCUT2D eigenvalue weighted by molar-refractivity contribution is 6.41. The zero-order valence-electron chi connectivity index (χ0n) is 7.48. The predicted molar refractivity (Wildman–Crippen MR) is 57.2 cm³/mol. The fourth-order valence-electron chi connectivity index (χ4n) is 0.974. The molecular formula is C8H7Cl2N3O2. The fraction of sp³-hybridized carbons (Fsp3) is 0.125. The molecule has 1 aromatic heterocycles. The van der Waals surface area contributed by atoms with Gasteiger partial charge in [0, 0.05) is 12.6 Å². The van der Waals surface area contributed by atoms with E-state index in [2.05, 4.69) is 4.98 Å². The highest BCUT2D eigenvalue weighted by Gasteiger charge is 2.04. The third-order valence-corrected chi connectivity index (χ3v) is 2.22. The van der Waals surface area contributed by atoms with Crippen molar-refractivity contribution in [1.82, 2.24) is 4.98 Å². The zero-order valence-corrected chi connectivity index (χ0v) is 9.00. The summed E-state index contributed by atoms with van der Waals surface area (Å²) in [5.41, 5.74) is 6.20. The van der Waals surface area contributed by atoms with Crippen molar-refractivity contribution in [3.05, 3.63) is 50.0 Å². The summed E-state index contributed by atoms with van der Waals surface area (Å²) >= 11 is 11.3. The minimum absolute atomic E-state index is 0.125. The van der Waals surface area contributed by atoms with Gasteiger partial charge in [0.15, 0.2) is 0 Å². The monoisotopic (exact) mass is 247 g/mol. The number of nitro groups is 1. The van der Waals surface area contributed by atoms with E-state index in [1.165, 1.54) is 6.20 Å². The SMILES string of the molecule is N/C(=C\[N+](=O)[O-])Cc1cnc(Cl)c(Cl)c1. The molecule has 0 atom stereocenters. The summed E-state index contributed by atoms with van der Waals surface area (Å²) in [6.45, 7) is 0. The van der Waals surface area contributed by atoms with Crippen LogP contribution in [0.2, 0.25) is 10.2 Å². The van der Waals surface area contributed by atoms with Crippen molar-refractivity contribution < 1.29 is 4.92 Å². The molecule has 0 aliphatic carbocycles. The molecule has 5 nitrogen and oxygen atoms in total. The molecular weight excluding hydrogens is 241 g/mol. The first-order chi connectivity index (χ1) is 6.99. The minimum Gasteiger partial charge on any atom is -0.397 e. The van der Waals surface area contributed by atoms with Crippen LogP contribution in [0.4, 0.5) is 0 Å². The molecule has 0 fully saturated rings. The molecule has 0 unspecified atom stereocenters. The van der Waals surface area contributed by atoms with E-state index >= 15 is 0 Å². The molecule has 0 saturated heterocycles. The van der Waals surface area contributed by atoms with Gasteiger partial charge in [-0.2, -0.15) is 0 Å². The minimum atomic E-state index is -0.611. The summed E-state index contributed by atoms with van der Waals surface area (Å²) in [5.74, 6) is 0. The Kier molecular flexibility index (Phi) is 3.88. The molecule has 0 radical (unpaired) electrons. The number of allylic oxidation sites excluding steroid dienone is 1. The first kappa shape index (κ1) is 11.7. The Morgan fingerprint density at radius 1 is 1.67 bits per heavy atom. The second-order valence-electron chi connectivity index (χ2n) is 2.78. The third kappa shape index (κ3) is 3.73. The lowest BCUT2D eigenvalue weighted by molar-refractivity contribution is -0.403. The summed E-state index contributed by atoms with van der Waals surface area (Å²) in [6, 6.07) is 1.57. The zero-order chi connectivity index (χ0) is 11.4. The van der Waals surface area contributed by atoms with Crippen molar-refractivity contribution in [1.29, 1.82) is 0 Å². The van der Waals surface area contributed by atoms with Crippen LogP contribution in [0, 0.1) is 10.1 Å². The van der Waals surface area contributed by atoms with E-state index in [1.807, 2.05) is 0 Å². The number of hydrogen-bond donors (Lipinski definition) is 1. The number of nitrogens with two attached hydrogens (primary N) is 1. The largest absolute Gasteiger partial charge is 0.397 e. The second-order valence-corrected chi connectivity index (χ2v) is 3.55. The van der Waals surface area contributed by atoms with Crippen LogP contribution >= 0.6 is 23.2 Å². The molecule has 0 bridgehead atoms. The molecule has 0 saturated carbocycles. The third-order valence-electron chi connectivity index (χ3n) is 1.53. The molecule has 0 aliphatic heterocycles. The lowest BCUT2D eigenvalue weighted by Gasteiger charge is -2.00. The summed E-state index contributed by atoms with van der Waals surface area (Å²) in [4.78, 5) is 13.3. The standard InChI is InChI=1S/C8H7Cl2N3O2/c9-7-2-5(3-12-8(7)10)1-6(11)4-13(14)15/h2-4H,1,11H2/b6-4-. The van der Waals surface area contributed by atoms with Gasteiger partial charge in [0.2, 0.25) is 0 Å². The number of nitrogens with zero attached hydrogens (tertiary/aromatic N) is 2. The quantitative estimate of drug-likeness (QED) is 0.503. The van der Waals surface area contributed by atoms with Crippen LogP contribution in [-0.4, -0.2) is 9.91 Å². The van der Waals surface area contributed by atoms with E-state index in [4.69, 9.17) is 28.9 Å². The van der Waals surface area contributed by atoms with E-state index in [1.54, 1.807) is 6.07 Å². The predicted octanol–water partition coefficient (Wildman–Crippen LogP) is 2.01. The molecule has 80 valence electrons. The average Bonchev–Trinajstić information content (AvgIpc) is 2.10. The molecule has 1 rings (SSSR count). The Morgan fingerprint density at radius 2 is 2.33 bits per heavy atom. The summed E-state index contributed by atoms with van der Waals surface area (Å²) in [6.07, 6.45) is 2.42. The normalized spacial score (nSPS) is 11.5. The van der Waals surface area contributed by atoms with Crippen LogP contribution in [0.1, 0.15) is 5.56 Å². The average molecular weight is 248 g/mol. The van der Waals surface area contributed by atoms with Gasteiger partial charge < -0.3 is 5.73 Å². The molecule has 0 aliphatic rings. The maximum Gasteiger partial charge on any atom is 0.253 e. The summed E-state index contributed by atoms with van der Waals surface area (Å²) in [7, 11) is 0. The van der Waals surface area contributed by atoms with Gasteiger partial charge in [0.25, 0.3) is 6.20 Å². The number of halogens is 2. The molecule has 2 N–H and O–H groups in total. The Balaban J connectivity index is 2.82. The van der Waals surface area contributed by atoms with Crippen LogP contribution in [0.15, 0.2) is 24.2 Å². The second kappa shape index (κ2) is 4.95. The maximum absolute atomic E-state index is 10.1. The van der Waals surface area contributed by atoms with Crippen LogP contribution in [-0.2, 0) is 6.42 Å². The van der Waals surface area contributed by atoms with Gasteiger partial charge in [-0.25, -0.2) is 4.98 Å². The van der Waals surface area contributed by atoms with Crippen molar-refractivity contribution in [3.63, 3.8) is 0 Å². The van der Waals surface area contributed by atoms with Gasteiger partial charge in [-0.3, -0.25) is 10.1 Å². The first-order valence-electron chi connectivity index (χ1n) is 3.88. The van der Waals surface area contributed by atoms with E-state index in [0.29, 0.717) is 10.6 Å². The highest BCUT2D eigenvalue weighted by atomic mass is 35.5. The van der Waals surface area contributed by atoms with Gasteiger partial charge in [0.05, 0.1) is 15.6 Å². The van der Waals surface area contributed by atoms with Crippen molar-refractivity contribution in [2.75, 3.05) is 0 Å². The van der Waals surface area contributed by atoms with Crippen LogP contribution in [0.25, 0.3) is 0 Å². The number of pyridine rings is 1. The smallest absolute Gasteiger partial charge is 0.253 e. The van der Waals surface area contributed by atoms with Crippen molar-refractivity contribution in [2.24, 2.45) is 5.73 Å². The van der Waals surface area contributed by atoms with Gasteiger partial charge in [0.1, 0.15) is 5.15 Å². The lowest BCUT2D eigenvalue weighted by atomic mass is 10.2. The molecule has 0 spiro atoms.